The Morgan fingerprint density at radius 3 is 2.71 bits per heavy atom. The smallest absolute Gasteiger partial charge is 0.270 e. The Bertz CT molecular complexity index is 396. The molecule has 94 valence electrons. The number of rotatable bonds is 6. The fourth-order valence-corrected chi connectivity index (χ4v) is 2.03. The molecule has 0 aliphatic heterocycles. The largest absolute Gasteiger partial charge is 0.317 e. The summed E-state index contributed by atoms with van der Waals surface area (Å²) in [7, 11) is 1.92. The van der Waals surface area contributed by atoms with Crippen LogP contribution in [0.5, 0.6) is 0 Å². The van der Waals surface area contributed by atoms with E-state index in [0.717, 1.165) is 24.8 Å². The first-order valence-electron chi connectivity index (χ1n) is 5.68. The number of halogens is 1. The third-order valence-electron chi connectivity index (χ3n) is 2.76. The minimum absolute atomic E-state index is 0.0373. The van der Waals surface area contributed by atoms with E-state index in [2.05, 4.69) is 12.2 Å². The van der Waals surface area contributed by atoms with Crippen molar-refractivity contribution in [1.82, 2.24) is 5.32 Å². The zero-order valence-electron chi connectivity index (χ0n) is 10.1. The van der Waals surface area contributed by atoms with Crippen LogP contribution < -0.4 is 5.32 Å². The van der Waals surface area contributed by atoms with E-state index in [1.165, 1.54) is 12.1 Å². The van der Waals surface area contributed by atoms with E-state index < -0.39 is 4.92 Å². The zero-order valence-corrected chi connectivity index (χ0v) is 10.8. The molecule has 1 rings (SSSR count). The molecule has 0 aliphatic rings. The summed E-state index contributed by atoms with van der Waals surface area (Å²) < 4.78 is 0. The number of nitro groups is 1. The van der Waals surface area contributed by atoms with Gasteiger partial charge in [0.15, 0.2) is 0 Å². The van der Waals surface area contributed by atoms with E-state index >= 15 is 0 Å². The van der Waals surface area contributed by atoms with Crippen molar-refractivity contribution in [3.05, 3.63) is 38.9 Å². The summed E-state index contributed by atoms with van der Waals surface area (Å²) in [6, 6.07) is 5.01. The van der Waals surface area contributed by atoms with Crippen LogP contribution >= 0.6 is 11.6 Å². The number of hydrogen-bond donors (Lipinski definition) is 1. The van der Waals surface area contributed by atoms with Gasteiger partial charge in [0.1, 0.15) is 0 Å². The van der Waals surface area contributed by atoms with E-state index in [-0.39, 0.29) is 5.69 Å². The van der Waals surface area contributed by atoms with Crippen LogP contribution in [-0.2, 0) is 6.42 Å². The number of nitrogens with zero attached hydrogens (tertiary/aromatic N) is 1. The zero-order chi connectivity index (χ0) is 12.8. The predicted molar refractivity (Wildman–Crippen MR) is 69.6 cm³/mol. The molecule has 0 bridgehead atoms. The van der Waals surface area contributed by atoms with E-state index in [4.69, 9.17) is 11.6 Å². The minimum atomic E-state index is -0.433. The fourth-order valence-electron chi connectivity index (χ4n) is 1.78. The molecule has 0 aromatic heterocycles. The molecule has 1 aromatic rings. The Balaban J connectivity index is 2.81. The molecule has 0 aliphatic carbocycles. The van der Waals surface area contributed by atoms with Crippen molar-refractivity contribution in [2.75, 3.05) is 7.05 Å². The molecule has 17 heavy (non-hydrogen) atoms. The summed E-state index contributed by atoms with van der Waals surface area (Å²) in [6.45, 7) is 2.13. The van der Waals surface area contributed by atoms with E-state index in [0.29, 0.717) is 11.1 Å². The van der Waals surface area contributed by atoms with Crippen molar-refractivity contribution in [2.45, 2.75) is 32.2 Å². The van der Waals surface area contributed by atoms with Gasteiger partial charge in [0, 0.05) is 18.2 Å². The molecule has 1 aromatic carbocycles. The average Bonchev–Trinajstić information content (AvgIpc) is 2.30. The van der Waals surface area contributed by atoms with Gasteiger partial charge in [-0.1, -0.05) is 31.0 Å². The minimum Gasteiger partial charge on any atom is -0.317 e. The summed E-state index contributed by atoms with van der Waals surface area (Å²) in [5.74, 6) is 0. The van der Waals surface area contributed by atoms with Gasteiger partial charge >= 0.3 is 0 Å². The number of hydrogen-bond acceptors (Lipinski definition) is 3. The summed E-state index contributed by atoms with van der Waals surface area (Å²) in [5, 5.41) is 14.3. The number of nitrogens with one attached hydrogen (secondary N) is 1. The third kappa shape index (κ3) is 3.98. The highest BCUT2D eigenvalue weighted by Gasteiger charge is 2.12. The van der Waals surface area contributed by atoms with E-state index in [1.807, 2.05) is 7.05 Å². The standard InChI is InChI=1S/C12H17ClN2O2/c1-3-4-10(14-2)7-9-5-6-11(15(16)17)8-12(9)13/h5-6,8,10,14H,3-4,7H2,1-2H3. The van der Waals surface area contributed by atoms with Crippen LogP contribution in [0.3, 0.4) is 0 Å². The third-order valence-corrected chi connectivity index (χ3v) is 3.11. The van der Waals surface area contributed by atoms with Gasteiger partial charge in [0.2, 0.25) is 0 Å². The molecule has 0 fully saturated rings. The molecule has 4 nitrogen and oxygen atoms in total. The van der Waals surface area contributed by atoms with E-state index in [1.54, 1.807) is 6.07 Å². The van der Waals surface area contributed by atoms with E-state index in [9.17, 15) is 10.1 Å². The van der Waals surface area contributed by atoms with Crippen molar-refractivity contribution >= 4 is 17.3 Å². The van der Waals surface area contributed by atoms with Gasteiger partial charge in [0.05, 0.1) is 9.95 Å². The second kappa shape index (κ2) is 6.57. The first kappa shape index (κ1) is 13.9. The van der Waals surface area contributed by atoms with Crippen LogP contribution in [0.25, 0.3) is 0 Å². The molecule has 0 amide bonds. The Hall–Kier alpha value is -1.13. The van der Waals surface area contributed by atoms with Crippen molar-refractivity contribution in [3.8, 4) is 0 Å². The SMILES string of the molecule is CCCC(Cc1ccc([N+](=O)[O-])cc1Cl)NC. The maximum Gasteiger partial charge on any atom is 0.270 e. The average molecular weight is 257 g/mol. The first-order chi connectivity index (χ1) is 8.08. The van der Waals surface area contributed by atoms with Gasteiger partial charge in [-0.15, -0.1) is 0 Å². The molecular weight excluding hydrogens is 240 g/mol. The summed E-state index contributed by atoms with van der Waals surface area (Å²) >= 11 is 6.04. The Kier molecular flexibility index (Phi) is 5.38. The van der Waals surface area contributed by atoms with Crippen molar-refractivity contribution in [1.29, 1.82) is 0 Å². The van der Waals surface area contributed by atoms with Gasteiger partial charge < -0.3 is 5.32 Å². The number of likely N-dealkylation sites (N-methyl/N-ethyl adjacent to an activating group) is 1. The van der Waals surface area contributed by atoms with Gasteiger partial charge in [-0.2, -0.15) is 0 Å². The van der Waals surface area contributed by atoms with Crippen LogP contribution in [0, 0.1) is 10.1 Å². The van der Waals surface area contributed by atoms with Gasteiger partial charge in [0.25, 0.3) is 5.69 Å². The molecule has 5 heteroatoms. The molecule has 1 unspecified atom stereocenters. The fraction of sp³-hybridized carbons (Fsp3) is 0.500. The lowest BCUT2D eigenvalue weighted by Crippen LogP contribution is -2.27. The number of non-ortho nitro benzene ring substituents is 1. The topological polar surface area (TPSA) is 55.2 Å². The van der Waals surface area contributed by atoms with Crippen molar-refractivity contribution in [2.24, 2.45) is 0 Å². The van der Waals surface area contributed by atoms with Gasteiger partial charge in [-0.3, -0.25) is 10.1 Å². The lowest BCUT2D eigenvalue weighted by molar-refractivity contribution is -0.384. The van der Waals surface area contributed by atoms with Crippen LogP contribution in [-0.4, -0.2) is 18.0 Å². The van der Waals surface area contributed by atoms with Crippen LogP contribution in [0.2, 0.25) is 5.02 Å². The van der Waals surface area contributed by atoms with Crippen LogP contribution in [0.4, 0.5) is 5.69 Å². The normalized spacial score (nSPS) is 12.4. The predicted octanol–water partition coefficient (Wildman–Crippen LogP) is 3.18. The second-order valence-corrected chi connectivity index (χ2v) is 4.42. The van der Waals surface area contributed by atoms with Gasteiger partial charge in [-0.05, 0) is 25.5 Å². The monoisotopic (exact) mass is 256 g/mol. The molecular formula is C12H17ClN2O2. The van der Waals surface area contributed by atoms with Gasteiger partial charge in [-0.25, -0.2) is 0 Å². The molecule has 0 heterocycles. The Morgan fingerprint density at radius 1 is 1.53 bits per heavy atom. The maximum absolute atomic E-state index is 10.6. The molecule has 0 saturated carbocycles. The highest BCUT2D eigenvalue weighted by Crippen LogP contribution is 2.24. The maximum atomic E-state index is 10.6. The molecule has 0 spiro atoms. The second-order valence-electron chi connectivity index (χ2n) is 4.01. The Morgan fingerprint density at radius 2 is 2.24 bits per heavy atom. The lowest BCUT2D eigenvalue weighted by atomic mass is 10.0. The highest BCUT2D eigenvalue weighted by atomic mass is 35.5. The molecule has 0 radical (unpaired) electrons. The first-order valence-corrected chi connectivity index (χ1v) is 6.06. The molecule has 0 saturated heterocycles. The van der Waals surface area contributed by atoms with Crippen LogP contribution in [0.15, 0.2) is 18.2 Å². The molecule has 1 atom stereocenters. The molecule has 1 N–H and O–H groups in total. The number of nitro benzene ring substituents is 1. The highest BCUT2D eigenvalue weighted by molar-refractivity contribution is 6.31. The van der Waals surface area contributed by atoms with Crippen LogP contribution in [0.1, 0.15) is 25.3 Å². The van der Waals surface area contributed by atoms with Crippen molar-refractivity contribution < 1.29 is 4.92 Å². The van der Waals surface area contributed by atoms with Crippen molar-refractivity contribution in [3.63, 3.8) is 0 Å². The summed E-state index contributed by atoms with van der Waals surface area (Å²) in [6.07, 6.45) is 2.95. The summed E-state index contributed by atoms with van der Waals surface area (Å²) in [5.41, 5.74) is 0.986. The summed E-state index contributed by atoms with van der Waals surface area (Å²) in [4.78, 5) is 10.1. The number of benzene rings is 1. The Labute approximate surface area is 106 Å². The quantitative estimate of drug-likeness (QED) is 0.628. The lowest BCUT2D eigenvalue weighted by Gasteiger charge is -2.15.